The van der Waals surface area contributed by atoms with Crippen LogP contribution in [0.15, 0.2) is 10.6 Å². The molecule has 0 aliphatic carbocycles. The molecule has 0 aromatic rings. The van der Waals surface area contributed by atoms with E-state index in [1.165, 1.54) is 16.7 Å². The van der Waals surface area contributed by atoms with Crippen molar-refractivity contribution in [3.63, 3.8) is 0 Å². The van der Waals surface area contributed by atoms with Crippen LogP contribution in [0.2, 0.25) is 0 Å². The number of carbonyl (C=O) groups excluding carboxylic acids is 2. The first kappa shape index (κ1) is 28.7. The third kappa shape index (κ3) is 5.24. The van der Waals surface area contributed by atoms with E-state index in [0.717, 1.165) is 6.42 Å². The largest absolute Gasteiger partial charge is 1.00 e. The molecule has 36 heavy (non-hydrogen) atoms. The lowest BCUT2D eigenvalue weighted by Gasteiger charge is -2.46. The average Bonchev–Trinajstić information content (AvgIpc) is 3.25. The van der Waals surface area contributed by atoms with Gasteiger partial charge >= 0.3 is 11.9 Å². The third-order valence-corrected chi connectivity index (χ3v) is 9.37. The van der Waals surface area contributed by atoms with Gasteiger partial charge in [-0.05, 0) is 13.3 Å². The highest BCUT2D eigenvalue weighted by Crippen LogP contribution is 2.51. The Morgan fingerprint density at radius 3 is 2.53 bits per heavy atom. The van der Waals surface area contributed by atoms with Gasteiger partial charge in [0.2, 0.25) is 11.8 Å². The second kappa shape index (κ2) is 10.9. The van der Waals surface area contributed by atoms with Gasteiger partial charge in [-0.2, -0.15) is 0 Å². The van der Waals surface area contributed by atoms with E-state index in [1.54, 1.807) is 6.92 Å². The minimum absolute atomic E-state index is 0. The third-order valence-electron chi connectivity index (χ3n) is 7.86. The zero-order valence-corrected chi connectivity index (χ0v) is 22.3. The van der Waals surface area contributed by atoms with Crippen LogP contribution in [0.3, 0.4) is 0 Å². The molecule has 0 aromatic carbocycles. The number of likely N-dealkylation sites (N-methyl/N-ethyl adjacent to an activating group) is 1. The number of amides is 2. The number of aliphatic hydroxyl groups excluding tert-OH is 1. The molecule has 0 radical (unpaired) electrons. The van der Waals surface area contributed by atoms with Gasteiger partial charge in [-0.25, -0.2) is 9.59 Å². The molecule has 0 unspecified atom stereocenters. The van der Waals surface area contributed by atoms with Gasteiger partial charge in [-0.3, -0.25) is 9.59 Å². The Labute approximate surface area is 220 Å². The summed E-state index contributed by atoms with van der Waals surface area (Å²) < 4.78 is 0.406. The number of hydrogen-bond donors (Lipinski definition) is 4. The number of thioether (sulfide) groups is 1. The van der Waals surface area contributed by atoms with Gasteiger partial charge in [0.15, 0.2) is 6.54 Å². The number of aliphatic carboxylic acids is 2. The summed E-state index contributed by atoms with van der Waals surface area (Å²) in [4.78, 5) is 52.8. The lowest BCUT2D eigenvalue weighted by molar-refractivity contribution is -0.900. The lowest BCUT2D eigenvalue weighted by Crippen LogP contribution is -3.00. The Morgan fingerprint density at radius 2 is 1.92 bits per heavy atom. The van der Waals surface area contributed by atoms with Gasteiger partial charge in [0.05, 0.1) is 50.8 Å². The summed E-state index contributed by atoms with van der Waals surface area (Å²) in [5.41, 5.74) is 0.00665. The Morgan fingerprint density at radius 1 is 1.22 bits per heavy atom. The molecule has 0 saturated carbocycles. The zero-order valence-electron chi connectivity index (χ0n) is 20.7. The number of rotatable bonds is 7. The fourth-order valence-corrected chi connectivity index (χ4v) is 7.47. The van der Waals surface area contributed by atoms with E-state index >= 15 is 0 Å². The van der Waals surface area contributed by atoms with Crippen molar-refractivity contribution in [2.45, 2.75) is 50.1 Å². The van der Waals surface area contributed by atoms with Crippen LogP contribution < -0.4 is 17.7 Å². The van der Waals surface area contributed by atoms with Crippen LogP contribution in [-0.2, 0) is 19.2 Å². The van der Waals surface area contributed by atoms with E-state index in [4.69, 9.17) is 0 Å². The van der Waals surface area contributed by atoms with Crippen LogP contribution in [-0.4, -0.2) is 123 Å². The maximum atomic E-state index is 13.2. The quantitative estimate of drug-likeness (QED) is 0.187. The number of nitrogens with one attached hydrogen (secondary N) is 1. The fraction of sp³-hybridized carbons (Fsp3) is 0.739. The SMILES string of the molecule is C[C@@H](O)[C@H]1C(=O)N2C(C(=O)O)=C(S[C@@H]3CN[C@H](C(=O)N4CCC[N@@+](C)(CC(=O)O)CC4)C3)[C@H](C)[C@H]12.[Cl-]. The lowest BCUT2D eigenvalue weighted by atomic mass is 9.79. The van der Waals surface area contributed by atoms with Crippen molar-refractivity contribution in [2.75, 3.05) is 46.3 Å². The monoisotopic (exact) mass is 546 g/mol. The second-order valence-corrected chi connectivity index (χ2v) is 11.8. The van der Waals surface area contributed by atoms with Crippen LogP contribution in [0, 0.1) is 11.8 Å². The molecule has 0 bridgehead atoms. The maximum Gasteiger partial charge on any atom is 0.359 e. The van der Waals surface area contributed by atoms with Gasteiger partial charge in [-0.1, -0.05) is 6.92 Å². The summed E-state index contributed by atoms with van der Waals surface area (Å²) in [6.45, 7) is 6.43. The first-order chi connectivity index (χ1) is 16.4. The van der Waals surface area contributed by atoms with Gasteiger partial charge in [0, 0.05) is 35.6 Å². The maximum absolute atomic E-state index is 13.2. The molecule has 11 nitrogen and oxygen atoms in total. The van der Waals surface area contributed by atoms with Crippen LogP contribution >= 0.6 is 11.8 Å². The Bertz CT molecular complexity index is 963. The minimum atomic E-state index is -1.15. The molecule has 3 fully saturated rings. The highest BCUT2D eigenvalue weighted by Gasteiger charge is 2.60. The molecule has 13 heteroatoms. The zero-order chi connectivity index (χ0) is 25.7. The molecule has 7 atom stereocenters. The van der Waals surface area contributed by atoms with E-state index in [0.29, 0.717) is 48.5 Å². The molecular formula is C23H35ClN4O7S. The molecule has 4 N–H and O–H groups in total. The van der Waals surface area contributed by atoms with Crippen LogP contribution in [0.25, 0.3) is 0 Å². The topological polar surface area (TPSA) is 147 Å². The smallest absolute Gasteiger partial charge is 0.359 e. The summed E-state index contributed by atoms with van der Waals surface area (Å²) >= 11 is 1.42. The van der Waals surface area contributed by atoms with Crippen molar-refractivity contribution >= 4 is 35.5 Å². The van der Waals surface area contributed by atoms with Crippen LogP contribution in [0.5, 0.6) is 0 Å². The molecule has 0 spiro atoms. The number of β-lactam (4-membered cyclic amide) rings is 1. The first-order valence-corrected chi connectivity index (χ1v) is 13.0. The summed E-state index contributed by atoms with van der Waals surface area (Å²) in [5, 5.41) is 32.3. The van der Waals surface area contributed by atoms with Gasteiger partial charge in [0.1, 0.15) is 5.70 Å². The van der Waals surface area contributed by atoms with Crippen molar-refractivity contribution in [3.8, 4) is 0 Å². The number of aliphatic hydroxyl groups is 1. The Balaban J connectivity index is 0.00000361. The van der Waals surface area contributed by atoms with Crippen molar-refractivity contribution in [3.05, 3.63) is 10.6 Å². The highest BCUT2D eigenvalue weighted by molar-refractivity contribution is 8.03. The molecule has 4 rings (SSSR count). The number of quaternary nitrogens is 1. The summed E-state index contributed by atoms with van der Waals surface area (Å²) in [6.07, 6.45) is 0.441. The molecule has 4 aliphatic heterocycles. The van der Waals surface area contributed by atoms with Crippen molar-refractivity contribution < 1.29 is 51.4 Å². The number of carboxylic acid groups (broad SMARTS) is 2. The molecule has 2 amide bonds. The number of carboxylic acids is 2. The van der Waals surface area contributed by atoms with E-state index in [2.05, 4.69) is 5.32 Å². The van der Waals surface area contributed by atoms with Gasteiger partial charge in [-0.15, -0.1) is 11.8 Å². The van der Waals surface area contributed by atoms with E-state index in [9.17, 15) is 34.5 Å². The van der Waals surface area contributed by atoms with E-state index < -0.39 is 24.0 Å². The predicted octanol–water partition coefficient (Wildman–Crippen LogP) is -3.63. The number of carbonyl (C=O) groups is 4. The van der Waals surface area contributed by atoms with E-state index in [-0.39, 0.29) is 59.7 Å². The highest BCUT2D eigenvalue weighted by atomic mass is 35.5. The summed E-state index contributed by atoms with van der Waals surface area (Å²) in [6, 6.07) is -0.725. The number of hydrogen-bond acceptors (Lipinski definition) is 7. The predicted molar refractivity (Wildman–Crippen MR) is 127 cm³/mol. The minimum Gasteiger partial charge on any atom is -1.00 e. The van der Waals surface area contributed by atoms with Crippen molar-refractivity contribution in [2.24, 2.45) is 11.8 Å². The standard InChI is InChI=1S/C23H34N4O7S.ClH/c1-12-18-17(13(2)28)22(32)26(18)19(23(33)34)20(12)35-14-9-15(24-10-14)21(31)25-5-4-7-27(3,8-6-25)11-16(29)30;/h12-15,17-18,24,28H,4-11H2,1-3H3,(H-,29,30,33,34);1H/t12-,13-,14+,15+,17-,18-,27-;/m1./s1. The van der Waals surface area contributed by atoms with E-state index in [1.807, 2.05) is 18.9 Å². The number of halogens is 1. The van der Waals surface area contributed by atoms with Crippen molar-refractivity contribution in [1.29, 1.82) is 0 Å². The summed E-state index contributed by atoms with van der Waals surface area (Å²) in [5.74, 6) is -3.14. The molecule has 4 aliphatic rings. The fourth-order valence-electron chi connectivity index (χ4n) is 5.99. The van der Waals surface area contributed by atoms with Gasteiger partial charge in [0.25, 0.3) is 0 Å². The number of fused-ring (bicyclic) bond motifs is 1. The Hall–Kier alpha value is -1.86. The molecule has 3 saturated heterocycles. The molecule has 0 aromatic heterocycles. The Kier molecular flexibility index (Phi) is 8.66. The normalized spacial score (nSPS) is 35.0. The van der Waals surface area contributed by atoms with Gasteiger partial charge < -0.3 is 47.3 Å². The first-order valence-electron chi connectivity index (χ1n) is 12.2. The van der Waals surface area contributed by atoms with Crippen LogP contribution in [0.1, 0.15) is 26.7 Å². The van der Waals surface area contributed by atoms with Crippen molar-refractivity contribution in [1.82, 2.24) is 15.1 Å². The molecule has 4 heterocycles. The average molecular weight is 547 g/mol. The summed E-state index contributed by atoms with van der Waals surface area (Å²) in [7, 11) is 1.91. The number of nitrogens with zero attached hydrogens (tertiary/aromatic N) is 3. The molecular weight excluding hydrogens is 512 g/mol. The second-order valence-electron chi connectivity index (χ2n) is 10.5. The van der Waals surface area contributed by atoms with Crippen LogP contribution in [0.4, 0.5) is 0 Å². The molecule has 202 valence electrons.